The van der Waals surface area contributed by atoms with Crippen molar-refractivity contribution in [2.75, 3.05) is 6.54 Å². The van der Waals surface area contributed by atoms with E-state index in [1.54, 1.807) is 6.92 Å². The number of amides is 1. The van der Waals surface area contributed by atoms with Crippen LogP contribution in [0.25, 0.3) is 0 Å². The van der Waals surface area contributed by atoms with Gasteiger partial charge in [0.05, 0.1) is 0 Å². The number of hydrogen-bond acceptors (Lipinski definition) is 3. The lowest BCUT2D eigenvalue weighted by molar-refractivity contribution is -0.127. The van der Waals surface area contributed by atoms with Crippen LogP contribution in [0.4, 0.5) is 0 Å². The molecule has 0 bridgehead atoms. The van der Waals surface area contributed by atoms with Crippen molar-refractivity contribution in [2.45, 2.75) is 32.9 Å². The van der Waals surface area contributed by atoms with E-state index in [2.05, 4.69) is 5.32 Å². The summed E-state index contributed by atoms with van der Waals surface area (Å²) in [6, 6.07) is 7.56. The van der Waals surface area contributed by atoms with Gasteiger partial charge in [0.25, 0.3) is 5.91 Å². The van der Waals surface area contributed by atoms with Crippen LogP contribution >= 0.6 is 0 Å². The molecule has 0 saturated carbocycles. The van der Waals surface area contributed by atoms with Crippen molar-refractivity contribution in [3.8, 4) is 5.75 Å². The number of rotatable bonds is 5. The molecule has 1 unspecified atom stereocenters. The fraction of sp³-hybridized carbons (Fsp3) is 0.462. The lowest BCUT2D eigenvalue weighted by Gasteiger charge is -2.17. The first-order valence-corrected chi connectivity index (χ1v) is 5.76. The Hall–Kier alpha value is -1.55. The molecule has 94 valence electrons. The molecule has 0 radical (unpaired) electrons. The van der Waals surface area contributed by atoms with Gasteiger partial charge in [0.15, 0.2) is 6.10 Å². The SMILES string of the molecule is Cc1ccc(OC(C)C(=O)N[C@@H](C)CN)cc1. The quantitative estimate of drug-likeness (QED) is 0.808. The fourth-order valence-corrected chi connectivity index (χ4v) is 1.29. The van der Waals surface area contributed by atoms with Crippen molar-refractivity contribution in [2.24, 2.45) is 5.73 Å². The predicted octanol–water partition coefficient (Wildman–Crippen LogP) is 1.23. The van der Waals surface area contributed by atoms with E-state index in [0.29, 0.717) is 12.3 Å². The van der Waals surface area contributed by atoms with Crippen LogP contribution in [0.3, 0.4) is 0 Å². The third-order valence-corrected chi connectivity index (χ3v) is 2.45. The second-order valence-corrected chi connectivity index (χ2v) is 4.22. The summed E-state index contributed by atoms with van der Waals surface area (Å²) >= 11 is 0. The zero-order valence-electron chi connectivity index (χ0n) is 10.6. The normalized spacial score (nSPS) is 13.9. The highest BCUT2D eigenvalue weighted by Gasteiger charge is 2.15. The summed E-state index contributed by atoms with van der Waals surface area (Å²) in [6.07, 6.45) is -0.522. The number of ether oxygens (including phenoxy) is 1. The minimum atomic E-state index is -0.522. The van der Waals surface area contributed by atoms with Crippen molar-refractivity contribution >= 4 is 5.91 Å². The first kappa shape index (κ1) is 13.5. The smallest absolute Gasteiger partial charge is 0.261 e. The molecule has 1 rings (SSSR count). The third kappa shape index (κ3) is 4.44. The summed E-state index contributed by atoms with van der Waals surface area (Å²) in [5, 5.41) is 2.77. The Morgan fingerprint density at radius 2 is 1.94 bits per heavy atom. The van der Waals surface area contributed by atoms with E-state index in [4.69, 9.17) is 10.5 Å². The van der Waals surface area contributed by atoms with E-state index in [9.17, 15) is 4.79 Å². The van der Waals surface area contributed by atoms with Crippen LogP contribution < -0.4 is 15.8 Å². The van der Waals surface area contributed by atoms with Crippen molar-refractivity contribution in [1.82, 2.24) is 5.32 Å². The molecular weight excluding hydrogens is 216 g/mol. The number of benzene rings is 1. The maximum atomic E-state index is 11.7. The van der Waals surface area contributed by atoms with E-state index in [1.807, 2.05) is 38.1 Å². The Bertz CT molecular complexity index is 362. The Labute approximate surface area is 102 Å². The zero-order valence-corrected chi connectivity index (χ0v) is 10.6. The molecule has 4 nitrogen and oxygen atoms in total. The molecule has 4 heteroatoms. The number of nitrogens with one attached hydrogen (secondary N) is 1. The van der Waals surface area contributed by atoms with Crippen LogP contribution in [0.2, 0.25) is 0 Å². The van der Waals surface area contributed by atoms with Gasteiger partial charge < -0.3 is 15.8 Å². The molecule has 1 aromatic carbocycles. The highest BCUT2D eigenvalue weighted by Crippen LogP contribution is 2.13. The predicted molar refractivity (Wildman–Crippen MR) is 67.9 cm³/mol. The summed E-state index contributed by atoms with van der Waals surface area (Å²) in [6.45, 7) is 6.00. The van der Waals surface area contributed by atoms with Gasteiger partial charge in [0.1, 0.15) is 5.75 Å². The Balaban J connectivity index is 2.51. The molecule has 0 heterocycles. The highest BCUT2D eigenvalue weighted by atomic mass is 16.5. The van der Waals surface area contributed by atoms with E-state index in [-0.39, 0.29) is 11.9 Å². The van der Waals surface area contributed by atoms with Crippen LogP contribution in [0.5, 0.6) is 5.75 Å². The molecule has 0 aliphatic rings. The van der Waals surface area contributed by atoms with Gasteiger partial charge in [-0.1, -0.05) is 17.7 Å². The summed E-state index contributed by atoms with van der Waals surface area (Å²) in [4.78, 5) is 11.7. The molecule has 1 aromatic rings. The first-order chi connectivity index (χ1) is 8.02. The molecule has 0 aromatic heterocycles. The molecule has 0 aliphatic heterocycles. The van der Waals surface area contributed by atoms with Crippen LogP contribution in [-0.4, -0.2) is 24.6 Å². The van der Waals surface area contributed by atoms with Gasteiger partial charge in [-0.15, -0.1) is 0 Å². The highest BCUT2D eigenvalue weighted by molar-refractivity contribution is 5.80. The van der Waals surface area contributed by atoms with Crippen LogP contribution in [-0.2, 0) is 4.79 Å². The van der Waals surface area contributed by atoms with Crippen LogP contribution in [0, 0.1) is 6.92 Å². The van der Waals surface area contributed by atoms with E-state index < -0.39 is 6.10 Å². The van der Waals surface area contributed by atoms with Crippen LogP contribution in [0.1, 0.15) is 19.4 Å². The number of hydrogen-bond donors (Lipinski definition) is 2. The lowest BCUT2D eigenvalue weighted by atomic mass is 10.2. The number of carbonyl (C=O) groups excluding carboxylic acids is 1. The van der Waals surface area contributed by atoms with Gasteiger partial charge in [0, 0.05) is 12.6 Å². The Morgan fingerprint density at radius 1 is 1.35 bits per heavy atom. The fourth-order valence-electron chi connectivity index (χ4n) is 1.29. The minimum absolute atomic E-state index is 0.0356. The van der Waals surface area contributed by atoms with Crippen molar-refractivity contribution in [1.29, 1.82) is 0 Å². The van der Waals surface area contributed by atoms with Crippen molar-refractivity contribution < 1.29 is 9.53 Å². The lowest BCUT2D eigenvalue weighted by Crippen LogP contribution is -2.44. The third-order valence-electron chi connectivity index (χ3n) is 2.45. The van der Waals surface area contributed by atoms with E-state index in [1.165, 1.54) is 0 Å². The van der Waals surface area contributed by atoms with E-state index >= 15 is 0 Å². The summed E-state index contributed by atoms with van der Waals surface area (Å²) in [5.74, 6) is 0.544. The molecule has 0 spiro atoms. The molecule has 0 saturated heterocycles. The monoisotopic (exact) mass is 236 g/mol. The number of nitrogens with two attached hydrogens (primary N) is 1. The van der Waals surface area contributed by atoms with E-state index in [0.717, 1.165) is 5.56 Å². The van der Waals surface area contributed by atoms with Crippen LogP contribution in [0.15, 0.2) is 24.3 Å². The van der Waals surface area contributed by atoms with Gasteiger partial charge in [-0.25, -0.2) is 0 Å². The maximum absolute atomic E-state index is 11.7. The van der Waals surface area contributed by atoms with Gasteiger partial charge in [-0.05, 0) is 32.9 Å². The van der Waals surface area contributed by atoms with Gasteiger partial charge in [-0.2, -0.15) is 0 Å². The van der Waals surface area contributed by atoms with Gasteiger partial charge >= 0.3 is 0 Å². The summed E-state index contributed by atoms with van der Waals surface area (Å²) in [7, 11) is 0. The molecule has 17 heavy (non-hydrogen) atoms. The first-order valence-electron chi connectivity index (χ1n) is 5.76. The standard InChI is InChI=1S/C13H20N2O2/c1-9-4-6-12(7-5-9)17-11(3)13(16)15-10(2)8-14/h4-7,10-11H,8,14H2,1-3H3,(H,15,16)/t10-,11?/m0/s1. The van der Waals surface area contributed by atoms with Gasteiger partial charge in [0.2, 0.25) is 0 Å². The number of carbonyl (C=O) groups is 1. The molecule has 2 atom stereocenters. The minimum Gasteiger partial charge on any atom is -0.481 e. The van der Waals surface area contributed by atoms with Crippen molar-refractivity contribution in [3.05, 3.63) is 29.8 Å². The van der Waals surface area contributed by atoms with Crippen molar-refractivity contribution in [3.63, 3.8) is 0 Å². The largest absolute Gasteiger partial charge is 0.481 e. The Kier molecular flexibility index (Phi) is 4.97. The molecule has 3 N–H and O–H groups in total. The topological polar surface area (TPSA) is 64.3 Å². The maximum Gasteiger partial charge on any atom is 0.261 e. The average Bonchev–Trinajstić information content (AvgIpc) is 2.31. The number of aryl methyl sites for hydroxylation is 1. The molecule has 1 amide bonds. The summed E-state index contributed by atoms with van der Waals surface area (Å²) < 4.78 is 5.52. The molecule has 0 fully saturated rings. The molecule has 0 aliphatic carbocycles. The average molecular weight is 236 g/mol. The second kappa shape index (κ2) is 6.25. The summed E-state index contributed by atoms with van der Waals surface area (Å²) in [5.41, 5.74) is 6.59. The second-order valence-electron chi connectivity index (χ2n) is 4.22. The Morgan fingerprint density at radius 3 is 2.47 bits per heavy atom. The van der Waals surface area contributed by atoms with Gasteiger partial charge in [-0.3, -0.25) is 4.79 Å². The zero-order chi connectivity index (χ0) is 12.8. The molecular formula is C13H20N2O2.